The van der Waals surface area contributed by atoms with E-state index in [0.717, 1.165) is 27.6 Å². The van der Waals surface area contributed by atoms with Gasteiger partial charge in [0.1, 0.15) is 5.58 Å². The Balaban J connectivity index is 1.01. The molecule has 1 aliphatic heterocycles. The fraction of sp³-hybridized carbons (Fsp3) is 0.0588. The largest absolute Gasteiger partial charge is 0.454 e. The van der Waals surface area contributed by atoms with Gasteiger partial charge in [-0.05, 0) is 70.8 Å². The van der Waals surface area contributed by atoms with Crippen molar-refractivity contribution in [1.29, 1.82) is 0 Å². The summed E-state index contributed by atoms with van der Waals surface area (Å²) in [6.45, 7) is 2.36. The summed E-state index contributed by atoms with van der Waals surface area (Å²) in [6, 6.07) is 64.4. The highest BCUT2D eigenvalue weighted by Crippen LogP contribution is 2.53. The lowest BCUT2D eigenvalue weighted by Gasteiger charge is -2.30. The SMILES string of the molecule is C[C@H]1c2ccccc2N(c2ccccc2)C1c1ccc(-c2cccc3oc4c(-n5c6ccccc6c6c7sc8ccccc8c7ccc65)cccc4c23)cc1. The smallest absolute Gasteiger partial charge is 0.159 e. The maximum atomic E-state index is 6.90. The van der Waals surface area contributed by atoms with Crippen molar-refractivity contribution in [2.24, 2.45) is 0 Å². The molecule has 0 bridgehead atoms. The van der Waals surface area contributed by atoms with Crippen LogP contribution in [-0.2, 0) is 0 Å². The lowest BCUT2D eigenvalue weighted by molar-refractivity contribution is 0.627. The fourth-order valence-electron chi connectivity index (χ4n) is 9.57. The first-order valence-electron chi connectivity index (χ1n) is 19.0. The van der Waals surface area contributed by atoms with Gasteiger partial charge in [-0.1, -0.05) is 134 Å². The van der Waals surface area contributed by atoms with Gasteiger partial charge in [0.25, 0.3) is 0 Å². The molecule has 0 aliphatic carbocycles. The van der Waals surface area contributed by atoms with E-state index in [1.54, 1.807) is 0 Å². The summed E-state index contributed by atoms with van der Waals surface area (Å²) in [5.74, 6) is 0.345. The number of rotatable bonds is 4. The zero-order valence-corrected chi connectivity index (χ0v) is 30.9. The van der Waals surface area contributed by atoms with E-state index in [-0.39, 0.29) is 6.04 Å². The zero-order valence-electron chi connectivity index (χ0n) is 30.1. The minimum absolute atomic E-state index is 0.196. The average molecular weight is 723 g/mol. The van der Waals surface area contributed by atoms with Crippen LogP contribution in [0.4, 0.5) is 11.4 Å². The molecule has 0 N–H and O–H groups in total. The molecule has 0 radical (unpaired) electrons. The van der Waals surface area contributed by atoms with Crippen LogP contribution in [0.1, 0.15) is 30.0 Å². The van der Waals surface area contributed by atoms with Gasteiger partial charge < -0.3 is 13.9 Å². The van der Waals surface area contributed by atoms with Gasteiger partial charge in [0.2, 0.25) is 0 Å². The van der Waals surface area contributed by atoms with Gasteiger partial charge in [-0.15, -0.1) is 11.3 Å². The van der Waals surface area contributed by atoms with Crippen LogP contribution in [0, 0.1) is 0 Å². The van der Waals surface area contributed by atoms with Gasteiger partial charge in [0, 0.05) is 59.0 Å². The van der Waals surface area contributed by atoms with E-state index in [9.17, 15) is 0 Å². The van der Waals surface area contributed by atoms with Crippen molar-refractivity contribution >= 4 is 86.6 Å². The number of aromatic nitrogens is 1. The molecular formula is C51H34N2OS. The molecule has 1 aliphatic rings. The van der Waals surface area contributed by atoms with Gasteiger partial charge in [-0.25, -0.2) is 0 Å². The lowest BCUT2D eigenvalue weighted by Crippen LogP contribution is -2.21. The Morgan fingerprint density at radius 3 is 2.15 bits per heavy atom. The third kappa shape index (κ3) is 4.37. The Labute approximate surface area is 321 Å². The number of hydrogen-bond donors (Lipinski definition) is 0. The minimum Gasteiger partial charge on any atom is -0.454 e. The number of para-hydroxylation sites is 4. The maximum Gasteiger partial charge on any atom is 0.159 e. The molecule has 0 amide bonds. The number of fused-ring (bicyclic) bond motifs is 11. The van der Waals surface area contributed by atoms with Gasteiger partial charge in [0.15, 0.2) is 5.58 Å². The topological polar surface area (TPSA) is 21.3 Å². The molecule has 1 unspecified atom stereocenters. The second-order valence-electron chi connectivity index (χ2n) is 14.8. The number of nitrogens with zero attached hydrogens (tertiary/aromatic N) is 2. The molecule has 3 nitrogen and oxygen atoms in total. The highest BCUT2D eigenvalue weighted by Gasteiger charge is 2.37. The molecule has 3 aromatic heterocycles. The highest BCUT2D eigenvalue weighted by atomic mass is 32.1. The monoisotopic (exact) mass is 722 g/mol. The number of anilines is 2. The second-order valence-corrected chi connectivity index (χ2v) is 15.9. The molecule has 0 fully saturated rings. The Hall–Kier alpha value is -6.62. The average Bonchev–Trinajstić information content (AvgIpc) is 3.99. The molecule has 0 spiro atoms. The first-order valence-corrected chi connectivity index (χ1v) is 19.9. The summed E-state index contributed by atoms with van der Waals surface area (Å²) in [7, 11) is 0. The quantitative estimate of drug-likeness (QED) is 0.180. The molecular weight excluding hydrogens is 689 g/mol. The molecule has 11 aromatic rings. The summed E-state index contributed by atoms with van der Waals surface area (Å²) in [4.78, 5) is 2.52. The van der Waals surface area contributed by atoms with E-state index in [2.05, 4.69) is 192 Å². The van der Waals surface area contributed by atoms with Crippen LogP contribution in [0.2, 0.25) is 0 Å². The van der Waals surface area contributed by atoms with E-state index >= 15 is 0 Å². The fourth-order valence-corrected chi connectivity index (χ4v) is 10.8. The Morgan fingerprint density at radius 2 is 1.25 bits per heavy atom. The standard InChI is InChI=1S/C51H34N2OS/c1-31-35-15-5-8-20-41(35)52(34-13-3-2-4-14-34)49(31)33-27-25-32(26-28-33)36-18-12-23-45-47(36)40-19-11-22-44(50(40)54-45)53-42-21-9-6-17-39(42)48-43(53)30-29-38-37-16-7-10-24-46(37)55-51(38)48/h2-31,49H,1H3/t31-,49?/m0/s1. The Kier molecular flexibility index (Phi) is 6.55. The van der Waals surface area contributed by atoms with Crippen molar-refractivity contribution < 1.29 is 4.42 Å². The number of furan rings is 1. The van der Waals surface area contributed by atoms with Gasteiger partial charge in [-0.2, -0.15) is 0 Å². The van der Waals surface area contributed by atoms with E-state index in [0.29, 0.717) is 5.92 Å². The maximum absolute atomic E-state index is 6.90. The first-order chi connectivity index (χ1) is 27.2. The molecule has 8 aromatic carbocycles. The molecule has 55 heavy (non-hydrogen) atoms. The number of benzene rings is 8. The van der Waals surface area contributed by atoms with Crippen LogP contribution in [-0.4, -0.2) is 4.57 Å². The third-order valence-electron chi connectivity index (χ3n) is 12.0. The Bertz CT molecular complexity index is 3300. The zero-order chi connectivity index (χ0) is 36.2. The molecule has 2 atom stereocenters. The molecule has 4 heteroatoms. The molecule has 12 rings (SSSR count). The van der Waals surface area contributed by atoms with E-state index < -0.39 is 0 Å². The first kappa shape index (κ1) is 30.8. The third-order valence-corrected chi connectivity index (χ3v) is 13.2. The van der Waals surface area contributed by atoms with Crippen LogP contribution in [0.15, 0.2) is 180 Å². The highest BCUT2D eigenvalue weighted by molar-refractivity contribution is 7.26. The van der Waals surface area contributed by atoms with Gasteiger partial charge in [-0.3, -0.25) is 0 Å². The Morgan fingerprint density at radius 1 is 0.527 bits per heavy atom. The molecule has 0 saturated heterocycles. The van der Waals surface area contributed by atoms with Crippen molar-refractivity contribution in [3.8, 4) is 16.8 Å². The number of hydrogen-bond acceptors (Lipinski definition) is 3. The summed E-state index contributed by atoms with van der Waals surface area (Å²) in [6.07, 6.45) is 0. The minimum atomic E-state index is 0.196. The van der Waals surface area contributed by atoms with Crippen LogP contribution < -0.4 is 4.90 Å². The molecule has 260 valence electrons. The predicted molar refractivity (Wildman–Crippen MR) is 233 cm³/mol. The van der Waals surface area contributed by atoms with Crippen LogP contribution in [0.5, 0.6) is 0 Å². The summed E-state index contributed by atoms with van der Waals surface area (Å²) >= 11 is 1.89. The number of thiophene rings is 1. The van der Waals surface area contributed by atoms with E-state index in [1.165, 1.54) is 75.6 Å². The van der Waals surface area contributed by atoms with Crippen molar-refractivity contribution in [3.63, 3.8) is 0 Å². The van der Waals surface area contributed by atoms with Crippen LogP contribution in [0.3, 0.4) is 0 Å². The predicted octanol–water partition coefficient (Wildman–Crippen LogP) is 14.7. The van der Waals surface area contributed by atoms with E-state index in [4.69, 9.17) is 4.42 Å². The summed E-state index contributed by atoms with van der Waals surface area (Å²) in [5, 5.41) is 7.46. The lowest BCUT2D eigenvalue weighted by atomic mass is 9.90. The molecule has 0 saturated carbocycles. The van der Waals surface area contributed by atoms with E-state index in [1.807, 2.05) is 11.3 Å². The van der Waals surface area contributed by atoms with Gasteiger partial charge >= 0.3 is 0 Å². The van der Waals surface area contributed by atoms with Crippen LogP contribution >= 0.6 is 11.3 Å². The van der Waals surface area contributed by atoms with Crippen molar-refractivity contribution in [2.45, 2.75) is 18.9 Å². The summed E-state index contributed by atoms with van der Waals surface area (Å²) in [5.41, 5.74) is 12.8. The van der Waals surface area contributed by atoms with Crippen molar-refractivity contribution in [3.05, 3.63) is 187 Å². The normalized spacial score (nSPS) is 15.7. The second kappa shape index (κ2) is 11.7. The van der Waals surface area contributed by atoms with Gasteiger partial charge in [0.05, 0.1) is 22.8 Å². The van der Waals surface area contributed by atoms with Crippen molar-refractivity contribution in [1.82, 2.24) is 4.57 Å². The van der Waals surface area contributed by atoms with Crippen molar-refractivity contribution in [2.75, 3.05) is 4.90 Å². The van der Waals surface area contributed by atoms with Crippen LogP contribution in [0.25, 0.3) is 80.7 Å². The summed E-state index contributed by atoms with van der Waals surface area (Å²) < 4.78 is 12.0. The molecule has 4 heterocycles.